The second-order valence-electron chi connectivity index (χ2n) is 3.47. The molecular formula is C13H12O5. The summed E-state index contributed by atoms with van der Waals surface area (Å²) in [7, 11) is 0. The van der Waals surface area contributed by atoms with Crippen molar-refractivity contribution in [3.05, 3.63) is 47.2 Å². The van der Waals surface area contributed by atoms with Crippen molar-refractivity contribution >= 4 is 18.1 Å². The van der Waals surface area contributed by atoms with E-state index < -0.39 is 11.5 Å². The third kappa shape index (κ3) is 3.88. The zero-order valence-corrected chi connectivity index (χ0v) is 9.41. The van der Waals surface area contributed by atoms with Crippen molar-refractivity contribution in [1.29, 1.82) is 0 Å². The Morgan fingerprint density at radius 3 is 2.67 bits per heavy atom. The normalized spacial score (nSPS) is 11.7. The minimum Gasteiger partial charge on any atom is -0.508 e. The molecule has 0 aromatic heterocycles. The molecule has 1 aromatic rings. The number of aromatic hydroxyl groups is 1. The molecule has 0 radical (unpaired) electrons. The highest BCUT2D eigenvalue weighted by Gasteiger charge is 2.00. The van der Waals surface area contributed by atoms with Crippen molar-refractivity contribution in [3.63, 3.8) is 0 Å². The Kier molecular flexibility index (Phi) is 4.83. The van der Waals surface area contributed by atoms with Crippen LogP contribution in [0.4, 0.5) is 0 Å². The number of ketones is 1. The van der Waals surface area contributed by atoms with E-state index in [1.165, 1.54) is 18.2 Å². The van der Waals surface area contributed by atoms with Gasteiger partial charge in [0.15, 0.2) is 17.8 Å². The summed E-state index contributed by atoms with van der Waals surface area (Å²) in [5.41, 5.74) is 0.945. The first kappa shape index (κ1) is 13.7. The molecule has 94 valence electrons. The van der Waals surface area contributed by atoms with Gasteiger partial charge in [-0.3, -0.25) is 9.59 Å². The van der Waals surface area contributed by atoms with Crippen LogP contribution in [-0.2, 0) is 16.2 Å². The molecule has 0 unspecified atom stereocenters. The highest BCUT2D eigenvalue weighted by Crippen LogP contribution is 2.19. The molecule has 1 aromatic carbocycles. The quantitative estimate of drug-likeness (QED) is 0.412. The Morgan fingerprint density at radius 1 is 1.33 bits per heavy atom. The maximum atomic E-state index is 11.2. The molecule has 0 aliphatic heterocycles. The SMILES string of the molecule is O=C/C(O)=C/C(=O)/C=C/c1ccc(O)c(CO)c1. The molecule has 0 heterocycles. The Bertz CT molecular complexity index is 514. The van der Waals surface area contributed by atoms with E-state index >= 15 is 0 Å². The summed E-state index contributed by atoms with van der Waals surface area (Å²) in [6, 6.07) is 4.47. The fourth-order valence-electron chi connectivity index (χ4n) is 1.24. The van der Waals surface area contributed by atoms with Gasteiger partial charge in [0.05, 0.1) is 6.61 Å². The molecule has 18 heavy (non-hydrogen) atoms. The summed E-state index contributed by atoms with van der Waals surface area (Å²) >= 11 is 0. The first-order chi connectivity index (χ1) is 8.56. The van der Waals surface area contributed by atoms with Gasteiger partial charge in [0.25, 0.3) is 0 Å². The molecule has 5 heteroatoms. The number of hydrogen-bond donors (Lipinski definition) is 3. The number of phenols is 1. The largest absolute Gasteiger partial charge is 0.508 e. The molecule has 0 aliphatic rings. The summed E-state index contributed by atoms with van der Waals surface area (Å²) in [6.07, 6.45) is 3.55. The molecule has 0 amide bonds. The molecule has 0 atom stereocenters. The number of aliphatic hydroxyl groups excluding tert-OH is 2. The Labute approximate surface area is 103 Å². The number of benzene rings is 1. The number of hydrogen-bond acceptors (Lipinski definition) is 5. The van der Waals surface area contributed by atoms with Crippen LogP contribution in [0.15, 0.2) is 36.1 Å². The maximum absolute atomic E-state index is 11.2. The van der Waals surface area contributed by atoms with Crippen LogP contribution in [0.1, 0.15) is 11.1 Å². The van der Waals surface area contributed by atoms with Crippen molar-refractivity contribution in [2.45, 2.75) is 6.61 Å². The van der Waals surface area contributed by atoms with Gasteiger partial charge in [-0.05, 0) is 23.8 Å². The summed E-state index contributed by atoms with van der Waals surface area (Å²) in [6.45, 7) is -0.312. The molecule has 3 N–H and O–H groups in total. The zero-order valence-electron chi connectivity index (χ0n) is 9.41. The van der Waals surface area contributed by atoms with Crippen LogP contribution in [0.5, 0.6) is 5.75 Å². The minimum atomic E-state index is -0.647. The predicted octanol–water partition coefficient (Wildman–Crippen LogP) is 1.11. The van der Waals surface area contributed by atoms with Crippen LogP contribution >= 0.6 is 0 Å². The van der Waals surface area contributed by atoms with Crippen molar-refractivity contribution in [2.24, 2.45) is 0 Å². The van der Waals surface area contributed by atoms with Gasteiger partial charge in [-0.1, -0.05) is 12.1 Å². The number of carbonyl (C=O) groups is 2. The lowest BCUT2D eigenvalue weighted by atomic mass is 10.1. The first-order valence-corrected chi connectivity index (χ1v) is 5.07. The van der Waals surface area contributed by atoms with Crippen LogP contribution in [0.2, 0.25) is 0 Å². The number of allylic oxidation sites excluding steroid dienone is 3. The Hall–Kier alpha value is -2.40. The van der Waals surface area contributed by atoms with Crippen LogP contribution in [0.25, 0.3) is 6.08 Å². The summed E-state index contributed by atoms with van der Waals surface area (Å²) in [5, 5.41) is 27.1. The number of carbonyl (C=O) groups excluding carboxylic acids is 2. The van der Waals surface area contributed by atoms with E-state index in [1.54, 1.807) is 6.07 Å². The third-order valence-electron chi connectivity index (χ3n) is 2.12. The average molecular weight is 248 g/mol. The standard InChI is InChI=1S/C13H12O5/c14-7-10-5-9(2-4-13(10)18)1-3-11(16)6-12(17)8-15/h1-6,8,14,17-18H,7H2/b3-1+,12-6-. The summed E-state index contributed by atoms with van der Waals surface area (Å²) < 4.78 is 0. The molecule has 0 spiro atoms. The van der Waals surface area contributed by atoms with E-state index in [2.05, 4.69) is 0 Å². The van der Waals surface area contributed by atoms with E-state index in [4.69, 9.17) is 10.2 Å². The zero-order chi connectivity index (χ0) is 13.5. The van der Waals surface area contributed by atoms with Crippen LogP contribution in [0, 0.1) is 0 Å². The average Bonchev–Trinajstić information content (AvgIpc) is 2.37. The molecular weight excluding hydrogens is 236 g/mol. The van der Waals surface area contributed by atoms with E-state index in [0.29, 0.717) is 11.1 Å². The van der Waals surface area contributed by atoms with Crippen molar-refractivity contribution < 1.29 is 24.9 Å². The van der Waals surface area contributed by atoms with Crippen molar-refractivity contribution in [3.8, 4) is 5.75 Å². The summed E-state index contributed by atoms with van der Waals surface area (Å²) in [4.78, 5) is 21.3. The van der Waals surface area contributed by atoms with Gasteiger partial charge in [-0.25, -0.2) is 0 Å². The predicted molar refractivity (Wildman–Crippen MR) is 64.8 cm³/mol. The van der Waals surface area contributed by atoms with E-state index in [0.717, 1.165) is 12.2 Å². The second kappa shape index (κ2) is 6.36. The fourth-order valence-corrected chi connectivity index (χ4v) is 1.24. The number of aldehydes is 1. The lowest BCUT2D eigenvalue weighted by molar-refractivity contribution is -0.111. The van der Waals surface area contributed by atoms with Gasteiger partial charge in [-0.15, -0.1) is 0 Å². The third-order valence-corrected chi connectivity index (χ3v) is 2.12. The van der Waals surface area contributed by atoms with Gasteiger partial charge < -0.3 is 15.3 Å². The highest BCUT2D eigenvalue weighted by atomic mass is 16.3. The van der Waals surface area contributed by atoms with Gasteiger partial charge in [-0.2, -0.15) is 0 Å². The van der Waals surface area contributed by atoms with Crippen LogP contribution < -0.4 is 0 Å². The van der Waals surface area contributed by atoms with Gasteiger partial charge in [0.2, 0.25) is 0 Å². The number of aliphatic hydroxyl groups is 2. The lowest BCUT2D eigenvalue weighted by Crippen LogP contribution is -1.91. The molecule has 0 aliphatic carbocycles. The van der Waals surface area contributed by atoms with Crippen LogP contribution in [0.3, 0.4) is 0 Å². The van der Waals surface area contributed by atoms with E-state index in [1.807, 2.05) is 0 Å². The smallest absolute Gasteiger partial charge is 0.184 e. The van der Waals surface area contributed by atoms with Crippen molar-refractivity contribution in [1.82, 2.24) is 0 Å². The van der Waals surface area contributed by atoms with Gasteiger partial charge >= 0.3 is 0 Å². The lowest BCUT2D eigenvalue weighted by Gasteiger charge is -2.01. The maximum Gasteiger partial charge on any atom is 0.184 e. The molecule has 5 nitrogen and oxygen atoms in total. The van der Waals surface area contributed by atoms with E-state index in [9.17, 15) is 14.7 Å². The van der Waals surface area contributed by atoms with Gasteiger partial charge in [0, 0.05) is 11.6 Å². The monoisotopic (exact) mass is 248 g/mol. The Balaban J connectivity index is 2.85. The van der Waals surface area contributed by atoms with Crippen molar-refractivity contribution in [2.75, 3.05) is 0 Å². The molecule has 0 fully saturated rings. The first-order valence-electron chi connectivity index (χ1n) is 5.07. The minimum absolute atomic E-state index is 0.0283. The number of rotatable bonds is 5. The van der Waals surface area contributed by atoms with Crippen LogP contribution in [-0.4, -0.2) is 27.4 Å². The second-order valence-corrected chi connectivity index (χ2v) is 3.47. The fraction of sp³-hybridized carbons (Fsp3) is 0.0769. The topological polar surface area (TPSA) is 94.8 Å². The molecule has 1 rings (SSSR count). The van der Waals surface area contributed by atoms with E-state index in [-0.39, 0.29) is 18.6 Å². The Morgan fingerprint density at radius 2 is 2.06 bits per heavy atom. The molecule has 0 bridgehead atoms. The van der Waals surface area contributed by atoms with Gasteiger partial charge in [0.1, 0.15) is 5.75 Å². The summed E-state index contributed by atoms with van der Waals surface area (Å²) in [5.74, 6) is -1.22. The molecule has 0 saturated carbocycles. The molecule has 0 saturated heterocycles. The highest BCUT2D eigenvalue weighted by molar-refractivity contribution is 6.04.